The third kappa shape index (κ3) is 5.59. The highest BCUT2D eigenvalue weighted by atomic mass is 16.5. The van der Waals surface area contributed by atoms with Gasteiger partial charge in [-0.1, -0.05) is 43.7 Å². The Bertz CT molecular complexity index is 798. The quantitative estimate of drug-likeness (QED) is 0.605. The lowest BCUT2D eigenvalue weighted by Gasteiger charge is -2.25. The molecule has 0 aliphatic rings. The summed E-state index contributed by atoms with van der Waals surface area (Å²) in [5.41, 5.74) is 6.25. The lowest BCUT2D eigenvalue weighted by atomic mass is 9.86. The van der Waals surface area contributed by atoms with Crippen LogP contribution in [0.2, 0.25) is 0 Å². The molecule has 0 aliphatic carbocycles. The molecule has 0 heterocycles. The predicted octanol–water partition coefficient (Wildman–Crippen LogP) is 6.05. The smallest absolute Gasteiger partial charge is 0.230 e. The molecule has 0 saturated heterocycles. The van der Waals surface area contributed by atoms with E-state index in [4.69, 9.17) is 4.74 Å². The Kier molecular flexibility index (Phi) is 6.69. The van der Waals surface area contributed by atoms with Crippen LogP contribution in [-0.2, 0) is 4.79 Å². The number of rotatable bonds is 7. The predicted molar refractivity (Wildman–Crippen MR) is 114 cm³/mol. The summed E-state index contributed by atoms with van der Waals surface area (Å²) in [6, 6.07) is 10.4. The van der Waals surface area contributed by atoms with E-state index in [-0.39, 0.29) is 5.91 Å². The Morgan fingerprint density at radius 3 is 2.19 bits per heavy atom. The second-order valence-electron chi connectivity index (χ2n) is 8.33. The van der Waals surface area contributed by atoms with Crippen molar-refractivity contribution < 1.29 is 9.53 Å². The van der Waals surface area contributed by atoms with Gasteiger partial charge in [0.05, 0.1) is 6.61 Å². The van der Waals surface area contributed by atoms with E-state index in [1.165, 1.54) is 11.1 Å². The van der Waals surface area contributed by atoms with E-state index in [2.05, 4.69) is 56.4 Å². The van der Waals surface area contributed by atoms with Gasteiger partial charge in [0.15, 0.2) is 0 Å². The normalized spacial score (nSPS) is 11.4. The summed E-state index contributed by atoms with van der Waals surface area (Å²) in [5.74, 6) is 0.993. The third-order valence-corrected chi connectivity index (χ3v) is 5.08. The molecule has 0 spiro atoms. The van der Waals surface area contributed by atoms with Gasteiger partial charge in [-0.3, -0.25) is 4.79 Å². The van der Waals surface area contributed by atoms with Crippen LogP contribution in [0.4, 0.5) is 5.69 Å². The van der Waals surface area contributed by atoms with Gasteiger partial charge in [0.1, 0.15) is 5.75 Å². The van der Waals surface area contributed by atoms with Gasteiger partial charge in [0, 0.05) is 11.1 Å². The van der Waals surface area contributed by atoms with Crippen LogP contribution in [0.5, 0.6) is 5.75 Å². The number of hydrogen-bond donors (Lipinski definition) is 1. The van der Waals surface area contributed by atoms with Crippen molar-refractivity contribution in [2.45, 2.75) is 61.3 Å². The van der Waals surface area contributed by atoms with E-state index in [0.717, 1.165) is 41.0 Å². The molecule has 2 aromatic carbocycles. The van der Waals surface area contributed by atoms with E-state index < -0.39 is 5.41 Å². The van der Waals surface area contributed by atoms with E-state index in [1.54, 1.807) is 0 Å². The van der Waals surface area contributed by atoms with Crippen molar-refractivity contribution in [2.24, 2.45) is 5.41 Å². The summed E-state index contributed by atoms with van der Waals surface area (Å²) in [6.07, 6.45) is 1.60. The molecule has 0 atom stereocenters. The molecule has 0 aromatic heterocycles. The minimum Gasteiger partial charge on any atom is -0.493 e. The molecule has 0 radical (unpaired) electrons. The van der Waals surface area contributed by atoms with Crippen molar-refractivity contribution in [2.75, 3.05) is 11.9 Å². The fourth-order valence-corrected chi connectivity index (χ4v) is 3.33. The molecule has 1 amide bonds. The number of amides is 1. The number of carbonyl (C=O) groups excluding carboxylic acids is 1. The van der Waals surface area contributed by atoms with Crippen molar-refractivity contribution >= 4 is 11.6 Å². The Morgan fingerprint density at radius 2 is 1.56 bits per heavy atom. The molecule has 27 heavy (non-hydrogen) atoms. The highest BCUT2D eigenvalue weighted by Gasteiger charge is 2.28. The van der Waals surface area contributed by atoms with Crippen LogP contribution in [0.15, 0.2) is 30.3 Å². The van der Waals surface area contributed by atoms with Gasteiger partial charge in [-0.05, 0) is 75.8 Å². The van der Waals surface area contributed by atoms with E-state index in [0.29, 0.717) is 6.61 Å². The van der Waals surface area contributed by atoms with Gasteiger partial charge in [-0.15, -0.1) is 0 Å². The zero-order chi connectivity index (χ0) is 20.2. The van der Waals surface area contributed by atoms with E-state index >= 15 is 0 Å². The van der Waals surface area contributed by atoms with Crippen molar-refractivity contribution in [1.29, 1.82) is 0 Å². The van der Waals surface area contributed by atoms with Crippen LogP contribution < -0.4 is 10.1 Å². The summed E-state index contributed by atoms with van der Waals surface area (Å²) >= 11 is 0. The van der Waals surface area contributed by atoms with Crippen LogP contribution in [-0.4, -0.2) is 12.5 Å². The molecule has 2 rings (SSSR count). The number of benzene rings is 2. The number of carbonyl (C=O) groups is 1. The van der Waals surface area contributed by atoms with Crippen LogP contribution in [0.1, 0.15) is 54.5 Å². The molecule has 0 unspecified atom stereocenters. The van der Waals surface area contributed by atoms with Crippen LogP contribution in [0.25, 0.3) is 0 Å². The molecule has 2 aromatic rings. The Hall–Kier alpha value is -2.29. The lowest BCUT2D eigenvalue weighted by molar-refractivity contribution is -0.124. The average molecular weight is 368 g/mol. The minimum absolute atomic E-state index is 0.0595. The maximum absolute atomic E-state index is 12.8. The van der Waals surface area contributed by atoms with Gasteiger partial charge in [0.2, 0.25) is 5.91 Å². The Morgan fingerprint density at radius 1 is 0.926 bits per heavy atom. The van der Waals surface area contributed by atoms with Crippen molar-refractivity contribution in [3.05, 3.63) is 58.1 Å². The summed E-state index contributed by atoms with van der Waals surface area (Å²) in [7, 11) is 0. The van der Waals surface area contributed by atoms with Gasteiger partial charge < -0.3 is 10.1 Å². The molecule has 3 heteroatoms. The number of nitrogens with one attached hydrogen (secondary N) is 1. The Labute approximate surface area is 164 Å². The number of hydrogen-bond acceptors (Lipinski definition) is 2. The zero-order valence-corrected chi connectivity index (χ0v) is 17.8. The monoisotopic (exact) mass is 367 g/mol. The zero-order valence-electron chi connectivity index (χ0n) is 17.8. The molecule has 0 aliphatic heterocycles. The second-order valence-corrected chi connectivity index (χ2v) is 8.33. The summed E-state index contributed by atoms with van der Waals surface area (Å²) in [5, 5.41) is 3.14. The van der Waals surface area contributed by atoms with Crippen LogP contribution >= 0.6 is 0 Å². The van der Waals surface area contributed by atoms with Gasteiger partial charge >= 0.3 is 0 Å². The highest BCUT2D eigenvalue weighted by molar-refractivity contribution is 5.96. The number of anilines is 1. The summed E-state index contributed by atoms with van der Waals surface area (Å²) in [6.45, 7) is 14.9. The summed E-state index contributed by atoms with van der Waals surface area (Å²) in [4.78, 5) is 12.8. The molecule has 1 N–H and O–H groups in total. The summed E-state index contributed by atoms with van der Waals surface area (Å²) < 4.78 is 5.93. The molecular weight excluding hydrogens is 334 g/mol. The lowest BCUT2D eigenvalue weighted by Crippen LogP contribution is -2.31. The van der Waals surface area contributed by atoms with Crippen molar-refractivity contribution in [3.63, 3.8) is 0 Å². The minimum atomic E-state index is -0.450. The average Bonchev–Trinajstić information content (AvgIpc) is 2.57. The van der Waals surface area contributed by atoms with Gasteiger partial charge in [-0.25, -0.2) is 0 Å². The van der Waals surface area contributed by atoms with Crippen molar-refractivity contribution in [3.8, 4) is 5.75 Å². The second kappa shape index (κ2) is 8.60. The van der Waals surface area contributed by atoms with E-state index in [9.17, 15) is 4.79 Å². The first kappa shape index (κ1) is 21.0. The molecule has 0 bridgehead atoms. The maximum Gasteiger partial charge on any atom is 0.230 e. The van der Waals surface area contributed by atoms with Crippen molar-refractivity contribution in [1.82, 2.24) is 0 Å². The first-order valence-electron chi connectivity index (χ1n) is 9.69. The standard InChI is InChI=1S/C24H33NO2/c1-16-9-10-18(3)21(15-16)27-12-8-11-24(6,7)23(26)25-22-19(4)13-17(2)14-20(22)5/h9-10,13-15H,8,11-12H2,1-7H3,(H,25,26). The Balaban J connectivity index is 1.92. The van der Waals surface area contributed by atoms with E-state index in [1.807, 2.05) is 27.7 Å². The maximum atomic E-state index is 12.8. The largest absolute Gasteiger partial charge is 0.493 e. The first-order valence-corrected chi connectivity index (χ1v) is 9.69. The SMILES string of the molecule is Cc1cc(C)c(NC(=O)C(C)(C)CCCOc2cc(C)ccc2C)c(C)c1. The molecule has 0 fully saturated rings. The highest BCUT2D eigenvalue weighted by Crippen LogP contribution is 2.28. The fraction of sp³-hybridized carbons (Fsp3) is 0.458. The first-order chi connectivity index (χ1) is 12.6. The van der Waals surface area contributed by atoms with Gasteiger partial charge in [0.25, 0.3) is 0 Å². The molecule has 146 valence electrons. The third-order valence-electron chi connectivity index (χ3n) is 5.08. The molecular formula is C24H33NO2. The molecule has 0 saturated carbocycles. The van der Waals surface area contributed by atoms with Gasteiger partial charge in [-0.2, -0.15) is 0 Å². The fourth-order valence-electron chi connectivity index (χ4n) is 3.33. The topological polar surface area (TPSA) is 38.3 Å². The number of ether oxygens (including phenoxy) is 1. The van der Waals surface area contributed by atoms with Crippen LogP contribution in [0, 0.1) is 40.0 Å². The van der Waals surface area contributed by atoms with Crippen LogP contribution in [0.3, 0.4) is 0 Å². The number of aryl methyl sites for hydroxylation is 5. The molecule has 3 nitrogen and oxygen atoms in total.